The number of aromatic nitrogens is 1. The summed E-state index contributed by atoms with van der Waals surface area (Å²) in [5, 5.41) is 14.9. The second-order valence-electron chi connectivity index (χ2n) is 5.49. The highest BCUT2D eigenvalue weighted by molar-refractivity contribution is 5.94. The van der Waals surface area contributed by atoms with Crippen molar-refractivity contribution in [3.05, 3.63) is 69.2 Å². The summed E-state index contributed by atoms with van der Waals surface area (Å²) in [6.07, 6.45) is 5.85. The predicted octanol–water partition coefficient (Wildman–Crippen LogP) is 2.25. The van der Waals surface area contributed by atoms with E-state index in [-0.39, 0.29) is 12.3 Å². The summed E-state index contributed by atoms with van der Waals surface area (Å²) in [7, 11) is 0. The molecule has 1 N–H and O–H groups in total. The summed E-state index contributed by atoms with van der Waals surface area (Å²) in [5.41, 5.74) is 3.83. The van der Waals surface area contributed by atoms with Crippen LogP contribution in [0.3, 0.4) is 0 Å². The maximum absolute atomic E-state index is 12.0. The summed E-state index contributed by atoms with van der Waals surface area (Å²) in [4.78, 5) is 26.3. The maximum atomic E-state index is 12.0. The summed E-state index contributed by atoms with van der Waals surface area (Å²) < 4.78 is 11.0. The SMILES string of the molecule is CCOc1cc(/C=N/NC(=O)c2cccnc2)cc2c1OCC([N+](=O)[O-])=C2. The van der Waals surface area contributed by atoms with Gasteiger partial charge in [-0.2, -0.15) is 5.10 Å². The van der Waals surface area contributed by atoms with Gasteiger partial charge in [-0.3, -0.25) is 19.9 Å². The van der Waals surface area contributed by atoms with Gasteiger partial charge in [0.15, 0.2) is 18.1 Å². The Morgan fingerprint density at radius 3 is 3.07 bits per heavy atom. The third kappa shape index (κ3) is 4.27. The molecule has 0 bridgehead atoms. The molecule has 9 nitrogen and oxygen atoms in total. The number of nitrogens with one attached hydrogen (secondary N) is 1. The molecule has 0 fully saturated rings. The second kappa shape index (κ2) is 8.09. The number of ether oxygens (including phenoxy) is 2. The molecule has 1 aliphatic rings. The molecule has 0 aliphatic carbocycles. The molecular formula is C18H16N4O5. The van der Waals surface area contributed by atoms with Crippen LogP contribution in [0.1, 0.15) is 28.4 Å². The molecule has 0 atom stereocenters. The van der Waals surface area contributed by atoms with Gasteiger partial charge in [0.2, 0.25) is 0 Å². The molecule has 138 valence electrons. The minimum atomic E-state index is -0.488. The first-order valence-corrected chi connectivity index (χ1v) is 8.10. The zero-order valence-corrected chi connectivity index (χ0v) is 14.4. The van der Waals surface area contributed by atoms with Gasteiger partial charge in [-0.1, -0.05) is 0 Å². The Morgan fingerprint density at radius 1 is 1.52 bits per heavy atom. The van der Waals surface area contributed by atoms with Crippen molar-refractivity contribution in [1.82, 2.24) is 10.4 Å². The summed E-state index contributed by atoms with van der Waals surface area (Å²) >= 11 is 0. The molecule has 9 heteroatoms. The molecule has 1 amide bonds. The number of benzene rings is 1. The zero-order valence-electron chi connectivity index (χ0n) is 14.4. The monoisotopic (exact) mass is 368 g/mol. The molecule has 2 aromatic rings. The molecule has 2 heterocycles. The van der Waals surface area contributed by atoms with Crippen LogP contribution in [0, 0.1) is 10.1 Å². The molecule has 1 aliphatic heterocycles. The highest BCUT2D eigenvalue weighted by atomic mass is 16.6. The Balaban J connectivity index is 1.83. The molecule has 3 rings (SSSR count). The first-order valence-electron chi connectivity index (χ1n) is 8.10. The lowest BCUT2D eigenvalue weighted by atomic mass is 10.1. The highest BCUT2D eigenvalue weighted by Crippen LogP contribution is 2.37. The predicted molar refractivity (Wildman–Crippen MR) is 97.4 cm³/mol. The number of hydrogen-bond acceptors (Lipinski definition) is 7. The van der Waals surface area contributed by atoms with E-state index < -0.39 is 10.8 Å². The zero-order chi connectivity index (χ0) is 19.2. The lowest BCUT2D eigenvalue weighted by Gasteiger charge is -2.18. The number of carbonyl (C=O) groups is 1. The Bertz CT molecular complexity index is 925. The van der Waals surface area contributed by atoms with Gasteiger partial charge in [-0.05, 0) is 36.8 Å². The smallest absolute Gasteiger partial charge is 0.284 e. The minimum Gasteiger partial charge on any atom is -0.490 e. The number of amides is 1. The lowest BCUT2D eigenvalue weighted by molar-refractivity contribution is -0.427. The van der Waals surface area contributed by atoms with E-state index in [9.17, 15) is 14.9 Å². The number of carbonyl (C=O) groups excluding carboxylic acids is 1. The van der Waals surface area contributed by atoms with Gasteiger partial charge in [0, 0.05) is 24.0 Å². The van der Waals surface area contributed by atoms with Gasteiger partial charge in [0.05, 0.1) is 23.3 Å². The standard InChI is InChI=1S/C18H16N4O5/c1-2-26-16-7-12(6-14-8-15(22(24)25)11-27-17(14)16)9-20-21-18(23)13-4-3-5-19-10-13/h3-10H,2,11H2,1H3,(H,21,23)/b20-9+. The molecule has 0 unspecified atom stereocenters. The summed E-state index contributed by atoms with van der Waals surface area (Å²) in [6.45, 7) is 2.09. The lowest BCUT2D eigenvalue weighted by Crippen LogP contribution is -2.17. The molecule has 1 aromatic carbocycles. The quantitative estimate of drug-likeness (QED) is 0.475. The fourth-order valence-corrected chi connectivity index (χ4v) is 2.44. The van der Waals surface area contributed by atoms with Crippen LogP contribution in [0.15, 0.2) is 47.5 Å². The number of fused-ring (bicyclic) bond motifs is 1. The van der Waals surface area contributed by atoms with Crippen molar-refractivity contribution in [2.45, 2.75) is 6.92 Å². The Hall–Kier alpha value is -3.75. The third-order valence-corrected chi connectivity index (χ3v) is 3.63. The summed E-state index contributed by atoms with van der Waals surface area (Å²) in [5.74, 6) is 0.494. The van der Waals surface area contributed by atoms with Crippen molar-refractivity contribution < 1.29 is 19.2 Å². The van der Waals surface area contributed by atoms with E-state index in [1.165, 1.54) is 18.5 Å². The molecule has 0 radical (unpaired) electrons. The van der Waals surface area contributed by atoms with Crippen molar-refractivity contribution in [2.75, 3.05) is 13.2 Å². The fourth-order valence-electron chi connectivity index (χ4n) is 2.44. The van der Waals surface area contributed by atoms with Gasteiger partial charge in [0.25, 0.3) is 11.6 Å². The molecule has 0 saturated heterocycles. The highest BCUT2D eigenvalue weighted by Gasteiger charge is 2.23. The van der Waals surface area contributed by atoms with Crippen LogP contribution < -0.4 is 14.9 Å². The number of nitro groups is 1. The largest absolute Gasteiger partial charge is 0.490 e. The number of hydrogen-bond donors (Lipinski definition) is 1. The normalized spacial score (nSPS) is 12.7. The van der Waals surface area contributed by atoms with E-state index in [0.29, 0.717) is 34.8 Å². The average molecular weight is 368 g/mol. The van der Waals surface area contributed by atoms with Gasteiger partial charge in [-0.15, -0.1) is 0 Å². The maximum Gasteiger partial charge on any atom is 0.284 e. The Labute approximate surface area is 154 Å². The second-order valence-corrected chi connectivity index (χ2v) is 5.49. The van der Waals surface area contributed by atoms with Gasteiger partial charge in [0.1, 0.15) is 0 Å². The first-order chi connectivity index (χ1) is 13.1. The van der Waals surface area contributed by atoms with Crippen LogP contribution in [-0.4, -0.2) is 35.2 Å². The molecule has 1 aromatic heterocycles. The summed E-state index contributed by atoms with van der Waals surface area (Å²) in [6, 6.07) is 6.62. The van der Waals surface area contributed by atoms with E-state index >= 15 is 0 Å². The van der Waals surface area contributed by atoms with Crippen LogP contribution in [0.4, 0.5) is 0 Å². The van der Waals surface area contributed by atoms with Crippen molar-refractivity contribution in [3.63, 3.8) is 0 Å². The number of pyridine rings is 1. The van der Waals surface area contributed by atoms with Crippen LogP contribution in [0.2, 0.25) is 0 Å². The van der Waals surface area contributed by atoms with Gasteiger partial charge < -0.3 is 9.47 Å². The molecule has 27 heavy (non-hydrogen) atoms. The fraction of sp³-hybridized carbons (Fsp3) is 0.167. The topological polar surface area (TPSA) is 116 Å². The Kier molecular flexibility index (Phi) is 5.41. The molecule has 0 saturated carbocycles. The van der Waals surface area contributed by atoms with Crippen LogP contribution in [0.5, 0.6) is 11.5 Å². The average Bonchev–Trinajstić information content (AvgIpc) is 2.68. The van der Waals surface area contributed by atoms with Crippen LogP contribution >= 0.6 is 0 Å². The van der Waals surface area contributed by atoms with Crippen LogP contribution in [0.25, 0.3) is 6.08 Å². The minimum absolute atomic E-state index is 0.0519. The van der Waals surface area contributed by atoms with Gasteiger partial charge >= 0.3 is 0 Å². The van der Waals surface area contributed by atoms with Crippen molar-refractivity contribution in [1.29, 1.82) is 0 Å². The van der Waals surface area contributed by atoms with Crippen molar-refractivity contribution >= 4 is 18.2 Å². The molecule has 0 spiro atoms. The Morgan fingerprint density at radius 2 is 2.37 bits per heavy atom. The molecular weight excluding hydrogens is 352 g/mol. The van der Waals surface area contributed by atoms with E-state index in [1.54, 1.807) is 30.5 Å². The number of rotatable bonds is 6. The van der Waals surface area contributed by atoms with Crippen molar-refractivity contribution in [3.8, 4) is 11.5 Å². The van der Waals surface area contributed by atoms with E-state index in [2.05, 4.69) is 15.5 Å². The van der Waals surface area contributed by atoms with Crippen LogP contribution in [-0.2, 0) is 0 Å². The van der Waals surface area contributed by atoms with Crippen molar-refractivity contribution in [2.24, 2.45) is 5.10 Å². The van der Waals surface area contributed by atoms with Gasteiger partial charge in [-0.25, -0.2) is 5.43 Å². The number of hydrazone groups is 1. The number of nitrogens with zero attached hydrogens (tertiary/aromatic N) is 3. The van der Waals surface area contributed by atoms with E-state index in [4.69, 9.17) is 9.47 Å². The van der Waals surface area contributed by atoms with E-state index in [0.717, 1.165) is 0 Å². The van der Waals surface area contributed by atoms with E-state index in [1.807, 2.05) is 6.92 Å². The third-order valence-electron chi connectivity index (χ3n) is 3.63. The first kappa shape index (κ1) is 18.1.